The Morgan fingerprint density at radius 1 is 1.29 bits per heavy atom. The van der Waals surface area contributed by atoms with Crippen LogP contribution in [0.25, 0.3) is 0 Å². The molecule has 0 spiro atoms. The summed E-state index contributed by atoms with van der Waals surface area (Å²) in [6.07, 6.45) is 3.51. The average molecular weight is 263 g/mol. The van der Waals surface area contributed by atoms with Gasteiger partial charge in [-0.1, -0.05) is 13.8 Å². The first kappa shape index (κ1) is 14.9. The van der Waals surface area contributed by atoms with Crippen LogP contribution in [0.2, 0.25) is 0 Å². The lowest BCUT2D eigenvalue weighted by molar-refractivity contribution is 0.325. The zero-order valence-corrected chi connectivity index (χ0v) is 11.7. The van der Waals surface area contributed by atoms with Gasteiger partial charge in [-0.05, 0) is 25.7 Å². The summed E-state index contributed by atoms with van der Waals surface area (Å²) in [4.78, 5) is 0. The standard InChI is InChI=1S/C11H25N3O2S/c1-3-7-13(8-4-2)17(15,16)14-9-5-6-11(14)10-12/h11H,3-10,12H2,1-2H3. The van der Waals surface area contributed by atoms with Crippen LogP contribution in [-0.4, -0.2) is 49.2 Å². The first-order valence-corrected chi connectivity index (χ1v) is 7.94. The maximum atomic E-state index is 12.5. The molecule has 1 fully saturated rings. The summed E-state index contributed by atoms with van der Waals surface area (Å²) < 4.78 is 28.2. The van der Waals surface area contributed by atoms with E-state index in [2.05, 4.69) is 0 Å². The molecule has 1 aliphatic rings. The number of nitrogens with zero attached hydrogens (tertiary/aromatic N) is 2. The molecule has 5 nitrogen and oxygen atoms in total. The minimum atomic E-state index is -3.30. The van der Waals surface area contributed by atoms with Gasteiger partial charge < -0.3 is 5.73 Å². The molecule has 0 radical (unpaired) electrons. The molecular formula is C11H25N3O2S. The third-order valence-electron chi connectivity index (χ3n) is 3.16. The van der Waals surface area contributed by atoms with Crippen LogP contribution in [0.1, 0.15) is 39.5 Å². The second kappa shape index (κ2) is 6.68. The molecule has 1 heterocycles. The van der Waals surface area contributed by atoms with Gasteiger partial charge in [0.2, 0.25) is 0 Å². The maximum Gasteiger partial charge on any atom is 0.282 e. The lowest BCUT2D eigenvalue weighted by atomic mass is 10.2. The van der Waals surface area contributed by atoms with Crippen LogP contribution in [0.15, 0.2) is 0 Å². The van der Waals surface area contributed by atoms with Crippen LogP contribution < -0.4 is 5.73 Å². The second-order valence-corrected chi connectivity index (χ2v) is 6.43. The van der Waals surface area contributed by atoms with Crippen molar-refractivity contribution in [3.05, 3.63) is 0 Å². The molecular weight excluding hydrogens is 238 g/mol. The van der Waals surface area contributed by atoms with Crippen LogP contribution in [0.4, 0.5) is 0 Å². The predicted octanol–water partition coefficient (Wildman–Crippen LogP) is 0.776. The zero-order valence-electron chi connectivity index (χ0n) is 10.9. The molecule has 0 amide bonds. The molecule has 102 valence electrons. The Hall–Kier alpha value is -0.170. The third-order valence-corrected chi connectivity index (χ3v) is 5.25. The van der Waals surface area contributed by atoms with Crippen molar-refractivity contribution in [3.63, 3.8) is 0 Å². The molecule has 0 aromatic rings. The Morgan fingerprint density at radius 2 is 1.88 bits per heavy atom. The van der Waals surface area contributed by atoms with E-state index in [0.29, 0.717) is 26.2 Å². The molecule has 0 bridgehead atoms. The summed E-state index contributed by atoms with van der Waals surface area (Å²) >= 11 is 0. The van der Waals surface area contributed by atoms with Gasteiger partial charge in [-0.15, -0.1) is 0 Å². The van der Waals surface area contributed by atoms with Crippen molar-refractivity contribution in [3.8, 4) is 0 Å². The number of nitrogens with two attached hydrogens (primary N) is 1. The Morgan fingerprint density at radius 3 is 2.35 bits per heavy atom. The van der Waals surface area contributed by atoms with Crippen LogP contribution in [0.5, 0.6) is 0 Å². The van der Waals surface area contributed by atoms with Gasteiger partial charge in [0.05, 0.1) is 0 Å². The summed E-state index contributed by atoms with van der Waals surface area (Å²) in [5, 5.41) is 0. The molecule has 1 saturated heterocycles. The van der Waals surface area contributed by atoms with E-state index in [1.165, 1.54) is 0 Å². The molecule has 1 unspecified atom stereocenters. The predicted molar refractivity (Wildman–Crippen MR) is 69.9 cm³/mol. The van der Waals surface area contributed by atoms with Gasteiger partial charge in [-0.3, -0.25) is 0 Å². The lowest BCUT2D eigenvalue weighted by Gasteiger charge is -2.30. The molecule has 6 heteroatoms. The van der Waals surface area contributed by atoms with Crippen molar-refractivity contribution in [1.29, 1.82) is 0 Å². The summed E-state index contributed by atoms with van der Waals surface area (Å²) in [6, 6.07) is -0.00351. The molecule has 0 aliphatic carbocycles. The average Bonchev–Trinajstić information content (AvgIpc) is 2.77. The molecule has 2 N–H and O–H groups in total. The molecule has 1 rings (SSSR count). The second-order valence-electron chi connectivity index (χ2n) is 4.55. The molecule has 1 atom stereocenters. The van der Waals surface area contributed by atoms with Crippen LogP contribution in [0, 0.1) is 0 Å². The normalized spacial score (nSPS) is 22.5. The van der Waals surface area contributed by atoms with Crippen molar-refractivity contribution in [2.24, 2.45) is 5.73 Å². The fourth-order valence-electron chi connectivity index (χ4n) is 2.34. The summed E-state index contributed by atoms with van der Waals surface area (Å²) in [5.41, 5.74) is 5.64. The third kappa shape index (κ3) is 3.40. The summed E-state index contributed by atoms with van der Waals surface area (Å²) in [7, 11) is -3.30. The molecule has 1 aliphatic heterocycles. The van der Waals surface area contributed by atoms with E-state index in [4.69, 9.17) is 5.73 Å². The van der Waals surface area contributed by atoms with Crippen LogP contribution in [0.3, 0.4) is 0 Å². The summed E-state index contributed by atoms with van der Waals surface area (Å²) in [5.74, 6) is 0. The largest absolute Gasteiger partial charge is 0.329 e. The van der Waals surface area contributed by atoms with Gasteiger partial charge >= 0.3 is 0 Å². The van der Waals surface area contributed by atoms with E-state index in [-0.39, 0.29) is 6.04 Å². The molecule has 0 aromatic carbocycles. The quantitative estimate of drug-likeness (QED) is 0.738. The SMILES string of the molecule is CCCN(CCC)S(=O)(=O)N1CCCC1CN. The summed E-state index contributed by atoms with van der Waals surface area (Å²) in [6.45, 7) is 6.25. The topological polar surface area (TPSA) is 66.6 Å². The van der Waals surface area contributed by atoms with E-state index in [1.807, 2.05) is 13.8 Å². The van der Waals surface area contributed by atoms with Gasteiger partial charge in [-0.25, -0.2) is 0 Å². The number of rotatable bonds is 7. The van der Waals surface area contributed by atoms with Crippen molar-refractivity contribution in [1.82, 2.24) is 8.61 Å². The van der Waals surface area contributed by atoms with E-state index in [1.54, 1.807) is 8.61 Å². The van der Waals surface area contributed by atoms with Crippen molar-refractivity contribution in [2.45, 2.75) is 45.6 Å². The van der Waals surface area contributed by atoms with Crippen LogP contribution in [-0.2, 0) is 10.2 Å². The first-order valence-electron chi connectivity index (χ1n) is 6.54. The Labute approximate surface area is 105 Å². The monoisotopic (exact) mass is 263 g/mol. The Kier molecular flexibility index (Phi) is 5.85. The molecule has 0 aromatic heterocycles. The fraction of sp³-hybridized carbons (Fsp3) is 1.00. The van der Waals surface area contributed by atoms with E-state index >= 15 is 0 Å². The number of hydrogen-bond donors (Lipinski definition) is 1. The van der Waals surface area contributed by atoms with E-state index in [0.717, 1.165) is 25.7 Å². The van der Waals surface area contributed by atoms with Crippen molar-refractivity contribution < 1.29 is 8.42 Å². The minimum Gasteiger partial charge on any atom is -0.329 e. The Bertz CT molecular complexity index is 313. The number of hydrogen-bond acceptors (Lipinski definition) is 3. The first-order chi connectivity index (χ1) is 8.07. The molecule has 17 heavy (non-hydrogen) atoms. The highest BCUT2D eigenvalue weighted by Gasteiger charge is 2.36. The fourth-order valence-corrected chi connectivity index (χ4v) is 4.39. The Balaban J connectivity index is 2.82. The van der Waals surface area contributed by atoms with Crippen molar-refractivity contribution in [2.75, 3.05) is 26.2 Å². The van der Waals surface area contributed by atoms with Crippen molar-refractivity contribution >= 4 is 10.2 Å². The smallest absolute Gasteiger partial charge is 0.282 e. The molecule has 0 saturated carbocycles. The van der Waals surface area contributed by atoms with E-state index < -0.39 is 10.2 Å². The van der Waals surface area contributed by atoms with Crippen LogP contribution >= 0.6 is 0 Å². The van der Waals surface area contributed by atoms with Gasteiger partial charge in [0, 0.05) is 32.2 Å². The highest BCUT2D eigenvalue weighted by molar-refractivity contribution is 7.86. The van der Waals surface area contributed by atoms with E-state index in [9.17, 15) is 8.42 Å². The minimum absolute atomic E-state index is 0.00351. The van der Waals surface area contributed by atoms with Gasteiger partial charge in [-0.2, -0.15) is 17.0 Å². The van der Waals surface area contributed by atoms with Gasteiger partial charge in [0.1, 0.15) is 0 Å². The lowest BCUT2D eigenvalue weighted by Crippen LogP contribution is -2.48. The van der Waals surface area contributed by atoms with Gasteiger partial charge in [0.15, 0.2) is 0 Å². The highest BCUT2D eigenvalue weighted by atomic mass is 32.2. The zero-order chi connectivity index (χ0) is 12.9. The van der Waals surface area contributed by atoms with Gasteiger partial charge in [0.25, 0.3) is 10.2 Å². The highest BCUT2D eigenvalue weighted by Crippen LogP contribution is 2.22. The maximum absolute atomic E-state index is 12.5.